The van der Waals surface area contributed by atoms with E-state index in [-0.39, 0.29) is 0 Å². The molecule has 0 aliphatic heterocycles. The van der Waals surface area contributed by atoms with Gasteiger partial charge in [0, 0.05) is 21.5 Å². The van der Waals surface area contributed by atoms with E-state index in [0.29, 0.717) is 5.56 Å². The van der Waals surface area contributed by atoms with Gasteiger partial charge in [0.25, 0.3) is 0 Å². The Morgan fingerprint density at radius 3 is 2.15 bits per heavy atom. The summed E-state index contributed by atoms with van der Waals surface area (Å²) < 4.78 is 2.43. The zero-order valence-corrected chi connectivity index (χ0v) is 18.5. The molecule has 2 heteroatoms. The molecule has 2 aromatic heterocycles. The number of nitriles is 1. The topological polar surface area (TPSA) is 28.2 Å². The van der Waals surface area contributed by atoms with Crippen molar-refractivity contribution in [2.75, 3.05) is 0 Å². The molecule has 0 amide bonds. The molecular weight excluding hydrogens is 400 g/mol. The summed E-state index contributed by atoms with van der Waals surface area (Å²) in [5.41, 5.74) is 9.20. The minimum Gasteiger partial charge on any atom is -0.308 e. The first kappa shape index (κ1) is 18.2. The van der Waals surface area contributed by atoms with Crippen molar-refractivity contribution in [1.29, 1.82) is 5.26 Å². The highest BCUT2D eigenvalue weighted by atomic mass is 14.9. The predicted octanol–water partition coefficient (Wildman–Crippen LogP) is 8.15. The largest absolute Gasteiger partial charge is 0.308 e. The molecule has 0 radical (unpaired) electrons. The van der Waals surface area contributed by atoms with Gasteiger partial charge in [-0.3, -0.25) is 0 Å². The number of hydrogen-bond donors (Lipinski definition) is 0. The standard InChI is InChI=1S/C31H20N2/c1-18-13-20(17-32)14-19(2)29(18)22-11-12-28-25(16-22)26-15-21-7-3-4-8-23(21)30-24-9-5-6-10-27(24)33(28)31(26)30/h3-16H,1-2H3. The summed E-state index contributed by atoms with van der Waals surface area (Å²) in [6.07, 6.45) is 0. The van der Waals surface area contributed by atoms with Crippen molar-refractivity contribution in [1.82, 2.24) is 4.40 Å². The Hall–Kier alpha value is -4.35. The molecule has 7 rings (SSSR count). The summed E-state index contributed by atoms with van der Waals surface area (Å²) >= 11 is 0. The molecule has 0 fully saturated rings. The van der Waals surface area contributed by atoms with Crippen LogP contribution >= 0.6 is 0 Å². The second kappa shape index (κ2) is 6.34. The highest BCUT2D eigenvalue weighted by Gasteiger charge is 2.20. The molecule has 0 unspecified atom stereocenters. The lowest BCUT2D eigenvalue weighted by atomic mass is 9.92. The Kier molecular flexibility index (Phi) is 3.51. The number of fused-ring (bicyclic) bond motifs is 8. The smallest absolute Gasteiger partial charge is 0.0991 e. The van der Waals surface area contributed by atoms with Crippen molar-refractivity contribution < 1.29 is 0 Å². The van der Waals surface area contributed by atoms with Crippen LogP contribution in [0.4, 0.5) is 0 Å². The highest BCUT2D eigenvalue weighted by Crippen LogP contribution is 2.44. The zero-order valence-electron chi connectivity index (χ0n) is 18.5. The van der Waals surface area contributed by atoms with Gasteiger partial charge in [-0.1, -0.05) is 48.5 Å². The minimum atomic E-state index is 0.716. The van der Waals surface area contributed by atoms with Crippen molar-refractivity contribution in [3.05, 3.63) is 102 Å². The van der Waals surface area contributed by atoms with Gasteiger partial charge < -0.3 is 4.40 Å². The lowest BCUT2D eigenvalue weighted by Gasteiger charge is -2.11. The molecule has 0 N–H and O–H groups in total. The normalized spacial score (nSPS) is 11.9. The average Bonchev–Trinajstić information content (AvgIpc) is 3.34. The first-order valence-corrected chi connectivity index (χ1v) is 11.3. The first-order chi connectivity index (χ1) is 16.2. The maximum absolute atomic E-state index is 9.36. The van der Waals surface area contributed by atoms with E-state index in [2.05, 4.69) is 97.1 Å². The monoisotopic (exact) mass is 420 g/mol. The quantitative estimate of drug-likeness (QED) is 0.263. The third-order valence-electron chi connectivity index (χ3n) is 7.14. The Morgan fingerprint density at radius 1 is 0.667 bits per heavy atom. The molecule has 5 aromatic carbocycles. The fraction of sp³-hybridized carbons (Fsp3) is 0.0645. The SMILES string of the molecule is Cc1cc(C#N)cc(C)c1-c1ccc2c(c1)c1cc3ccccc3c3c4ccccc4n2c13. The number of hydrogen-bond acceptors (Lipinski definition) is 1. The molecule has 0 atom stereocenters. The van der Waals surface area contributed by atoms with Crippen LogP contribution in [0, 0.1) is 25.2 Å². The summed E-state index contributed by atoms with van der Waals surface area (Å²) in [7, 11) is 0. The van der Waals surface area contributed by atoms with E-state index >= 15 is 0 Å². The third-order valence-corrected chi connectivity index (χ3v) is 7.14. The molecule has 0 aliphatic rings. The molecule has 0 aliphatic carbocycles. The second-order valence-electron chi connectivity index (χ2n) is 9.05. The van der Waals surface area contributed by atoms with Gasteiger partial charge in [0.15, 0.2) is 0 Å². The van der Waals surface area contributed by atoms with E-state index in [1.165, 1.54) is 60.0 Å². The molecule has 0 saturated carbocycles. The van der Waals surface area contributed by atoms with Crippen LogP contribution in [0.1, 0.15) is 16.7 Å². The van der Waals surface area contributed by atoms with Gasteiger partial charge >= 0.3 is 0 Å². The van der Waals surface area contributed by atoms with Gasteiger partial charge in [0.1, 0.15) is 0 Å². The van der Waals surface area contributed by atoms with Crippen molar-refractivity contribution in [2.24, 2.45) is 0 Å². The van der Waals surface area contributed by atoms with E-state index in [0.717, 1.165) is 11.1 Å². The second-order valence-corrected chi connectivity index (χ2v) is 9.05. The Bertz CT molecular complexity index is 1920. The van der Waals surface area contributed by atoms with Gasteiger partial charge in [-0.2, -0.15) is 5.26 Å². The van der Waals surface area contributed by atoms with Crippen LogP contribution < -0.4 is 0 Å². The zero-order chi connectivity index (χ0) is 22.3. The number of aryl methyl sites for hydroxylation is 2. The van der Waals surface area contributed by atoms with Crippen LogP contribution in [0.15, 0.2) is 84.9 Å². The van der Waals surface area contributed by atoms with Gasteiger partial charge in [0.05, 0.1) is 28.2 Å². The van der Waals surface area contributed by atoms with Crippen molar-refractivity contribution in [3.8, 4) is 17.2 Å². The van der Waals surface area contributed by atoms with Crippen LogP contribution in [0.2, 0.25) is 0 Å². The lowest BCUT2D eigenvalue weighted by Crippen LogP contribution is -1.91. The maximum Gasteiger partial charge on any atom is 0.0991 e. The molecular formula is C31H20N2. The number of nitrogens with zero attached hydrogens (tertiary/aromatic N) is 2. The van der Waals surface area contributed by atoms with Gasteiger partial charge in [-0.25, -0.2) is 0 Å². The van der Waals surface area contributed by atoms with Gasteiger partial charge in [-0.05, 0) is 83.3 Å². The number of rotatable bonds is 1. The number of aromatic nitrogens is 1. The predicted molar refractivity (Wildman–Crippen MR) is 138 cm³/mol. The molecule has 0 spiro atoms. The Morgan fingerprint density at radius 2 is 1.36 bits per heavy atom. The minimum absolute atomic E-state index is 0.716. The van der Waals surface area contributed by atoms with E-state index in [9.17, 15) is 5.26 Å². The summed E-state index contributed by atoms with van der Waals surface area (Å²) in [5.74, 6) is 0. The van der Waals surface area contributed by atoms with E-state index in [1.807, 2.05) is 12.1 Å². The van der Waals surface area contributed by atoms with Crippen molar-refractivity contribution in [2.45, 2.75) is 13.8 Å². The van der Waals surface area contributed by atoms with E-state index < -0.39 is 0 Å². The van der Waals surface area contributed by atoms with E-state index in [1.54, 1.807) is 0 Å². The number of benzene rings is 5. The average molecular weight is 421 g/mol. The molecule has 2 heterocycles. The molecule has 0 saturated heterocycles. The van der Waals surface area contributed by atoms with Gasteiger partial charge in [-0.15, -0.1) is 0 Å². The molecule has 154 valence electrons. The van der Waals surface area contributed by atoms with Gasteiger partial charge in [0.2, 0.25) is 0 Å². The highest BCUT2D eigenvalue weighted by molar-refractivity contribution is 6.31. The summed E-state index contributed by atoms with van der Waals surface area (Å²) in [6, 6.07) is 32.9. The van der Waals surface area contributed by atoms with Crippen LogP contribution in [-0.4, -0.2) is 4.40 Å². The first-order valence-electron chi connectivity index (χ1n) is 11.3. The van der Waals surface area contributed by atoms with E-state index in [4.69, 9.17) is 0 Å². The van der Waals surface area contributed by atoms with Crippen LogP contribution in [0.3, 0.4) is 0 Å². The van der Waals surface area contributed by atoms with Crippen LogP contribution in [0.5, 0.6) is 0 Å². The van der Waals surface area contributed by atoms with Crippen molar-refractivity contribution >= 4 is 48.9 Å². The lowest BCUT2D eigenvalue weighted by molar-refractivity contribution is 1.35. The Balaban J connectivity index is 1.67. The van der Waals surface area contributed by atoms with Crippen LogP contribution in [0.25, 0.3) is 60.0 Å². The fourth-order valence-corrected chi connectivity index (χ4v) is 5.88. The maximum atomic E-state index is 9.36. The van der Waals surface area contributed by atoms with Crippen LogP contribution in [-0.2, 0) is 0 Å². The molecule has 33 heavy (non-hydrogen) atoms. The summed E-state index contributed by atoms with van der Waals surface area (Å²) in [6.45, 7) is 4.20. The Labute approximate surface area is 191 Å². The summed E-state index contributed by atoms with van der Waals surface area (Å²) in [4.78, 5) is 0. The summed E-state index contributed by atoms with van der Waals surface area (Å²) in [5, 5.41) is 17.1. The molecule has 7 aromatic rings. The number of para-hydroxylation sites is 1. The third kappa shape index (κ3) is 2.31. The molecule has 2 nitrogen and oxygen atoms in total. The molecule has 0 bridgehead atoms. The van der Waals surface area contributed by atoms with Crippen molar-refractivity contribution in [3.63, 3.8) is 0 Å². The fourth-order valence-electron chi connectivity index (χ4n) is 5.88.